The number of rotatable bonds is 9. The fraction of sp³-hybridized carbons (Fsp3) is 0.348. The molecule has 2 aromatic rings. The van der Waals surface area contributed by atoms with Crippen molar-refractivity contribution in [3.63, 3.8) is 0 Å². The lowest BCUT2D eigenvalue weighted by Gasteiger charge is -2.13. The van der Waals surface area contributed by atoms with Crippen LogP contribution in [0.1, 0.15) is 28.8 Å². The van der Waals surface area contributed by atoms with Gasteiger partial charge >= 0.3 is 5.97 Å². The maximum atomic E-state index is 12.5. The summed E-state index contributed by atoms with van der Waals surface area (Å²) in [5.74, 6) is -0.966. The molecule has 33 heavy (non-hydrogen) atoms. The second kappa shape index (κ2) is 11.0. The van der Waals surface area contributed by atoms with Crippen LogP contribution < -0.4 is 15.4 Å². The summed E-state index contributed by atoms with van der Waals surface area (Å²) in [4.78, 5) is 36.9. The van der Waals surface area contributed by atoms with Crippen molar-refractivity contribution in [2.24, 2.45) is 0 Å². The van der Waals surface area contributed by atoms with Gasteiger partial charge in [0.05, 0.1) is 29.9 Å². The van der Waals surface area contributed by atoms with E-state index in [9.17, 15) is 22.8 Å². The Morgan fingerprint density at radius 1 is 1.03 bits per heavy atom. The van der Waals surface area contributed by atoms with Gasteiger partial charge < -0.3 is 20.1 Å². The van der Waals surface area contributed by atoms with Crippen LogP contribution in [-0.4, -0.2) is 57.5 Å². The van der Waals surface area contributed by atoms with Crippen LogP contribution in [-0.2, 0) is 30.6 Å². The van der Waals surface area contributed by atoms with Crippen LogP contribution in [0.5, 0.6) is 5.75 Å². The second-order valence-electron chi connectivity index (χ2n) is 7.69. The Bertz CT molecular complexity index is 1110. The van der Waals surface area contributed by atoms with Crippen molar-refractivity contribution in [3.05, 3.63) is 59.7 Å². The van der Waals surface area contributed by atoms with Crippen LogP contribution in [0.25, 0.3) is 0 Å². The lowest BCUT2D eigenvalue weighted by Crippen LogP contribution is -2.38. The molecule has 1 unspecified atom stereocenters. The molecule has 2 amide bonds. The third-order valence-electron chi connectivity index (χ3n) is 5.15. The summed E-state index contributed by atoms with van der Waals surface area (Å²) in [6.07, 6.45) is 1.06. The van der Waals surface area contributed by atoms with Crippen LogP contribution in [0.3, 0.4) is 0 Å². The number of anilines is 1. The highest BCUT2D eigenvalue weighted by molar-refractivity contribution is 7.91. The normalized spacial score (nSPS) is 16.6. The molecule has 1 heterocycles. The molecule has 1 fully saturated rings. The van der Waals surface area contributed by atoms with Gasteiger partial charge in [0.2, 0.25) is 5.91 Å². The Kier molecular flexibility index (Phi) is 8.05. The third-order valence-corrected chi connectivity index (χ3v) is 6.92. The summed E-state index contributed by atoms with van der Waals surface area (Å²) in [5.41, 5.74) is 1.37. The fourth-order valence-electron chi connectivity index (χ4n) is 3.42. The monoisotopic (exact) mass is 474 g/mol. The molecule has 9 nitrogen and oxygen atoms in total. The van der Waals surface area contributed by atoms with Crippen LogP contribution >= 0.6 is 0 Å². The minimum atomic E-state index is -3.13. The fourth-order valence-corrected chi connectivity index (χ4v) is 5.09. The Morgan fingerprint density at radius 2 is 1.76 bits per heavy atom. The lowest BCUT2D eigenvalue weighted by atomic mass is 10.1. The maximum Gasteiger partial charge on any atom is 0.340 e. The molecule has 10 heteroatoms. The first-order valence-electron chi connectivity index (χ1n) is 10.4. The number of amides is 2. The van der Waals surface area contributed by atoms with Gasteiger partial charge in [0, 0.05) is 12.5 Å². The largest absolute Gasteiger partial charge is 0.497 e. The van der Waals surface area contributed by atoms with Crippen molar-refractivity contribution < 1.29 is 32.3 Å². The highest BCUT2D eigenvalue weighted by atomic mass is 32.2. The van der Waals surface area contributed by atoms with Gasteiger partial charge in [-0.05, 0) is 42.7 Å². The van der Waals surface area contributed by atoms with Crippen molar-refractivity contribution in [2.45, 2.75) is 25.3 Å². The first kappa shape index (κ1) is 24.2. The Labute approximate surface area is 192 Å². The summed E-state index contributed by atoms with van der Waals surface area (Å²) < 4.78 is 33.1. The predicted molar refractivity (Wildman–Crippen MR) is 122 cm³/mol. The van der Waals surface area contributed by atoms with Gasteiger partial charge in [-0.25, -0.2) is 13.2 Å². The highest BCUT2D eigenvalue weighted by Crippen LogP contribution is 2.18. The molecule has 2 N–H and O–H groups in total. The first-order chi connectivity index (χ1) is 15.8. The smallest absolute Gasteiger partial charge is 0.340 e. The molecule has 3 rings (SSSR count). The molecule has 0 spiro atoms. The van der Waals surface area contributed by atoms with Gasteiger partial charge in [0.15, 0.2) is 16.4 Å². The van der Waals surface area contributed by atoms with Gasteiger partial charge in [0.25, 0.3) is 5.91 Å². The number of carbonyl (C=O) groups excluding carboxylic acids is 3. The van der Waals surface area contributed by atoms with E-state index in [1.165, 1.54) is 6.07 Å². The van der Waals surface area contributed by atoms with Gasteiger partial charge in [-0.15, -0.1) is 0 Å². The number of ether oxygens (including phenoxy) is 2. The van der Waals surface area contributed by atoms with Crippen LogP contribution in [0, 0.1) is 0 Å². The molecule has 0 bridgehead atoms. The summed E-state index contributed by atoms with van der Waals surface area (Å²) in [7, 11) is -1.54. The summed E-state index contributed by atoms with van der Waals surface area (Å²) in [6.45, 7) is -0.546. The standard InChI is InChI=1S/C23H26N2O7S/c1-31-18-9-6-16(7-10-18)8-11-21(26)25-20-5-3-2-4-19(20)23(28)32-14-22(27)24-17-12-13-33(29,30)15-17/h2-7,9-10,17H,8,11-15H2,1H3,(H,24,27)(H,25,26). The average molecular weight is 475 g/mol. The van der Waals surface area contributed by atoms with Gasteiger partial charge in [-0.1, -0.05) is 24.3 Å². The molecule has 1 atom stereocenters. The zero-order valence-electron chi connectivity index (χ0n) is 18.2. The molecule has 1 saturated heterocycles. The SMILES string of the molecule is COc1ccc(CCC(=O)Nc2ccccc2C(=O)OCC(=O)NC2CCS(=O)(=O)C2)cc1. The third kappa shape index (κ3) is 7.31. The van der Waals surface area contributed by atoms with E-state index in [1.54, 1.807) is 25.3 Å². The number of hydrogen-bond donors (Lipinski definition) is 2. The van der Waals surface area contributed by atoms with Crippen molar-refractivity contribution >= 4 is 33.3 Å². The lowest BCUT2D eigenvalue weighted by molar-refractivity contribution is -0.124. The Hall–Kier alpha value is -3.40. The summed E-state index contributed by atoms with van der Waals surface area (Å²) >= 11 is 0. The first-order valence-corrected chi connectivity index (χ1v) is 12.3. The molecule has 2 aromatic carbocycles. The molecule has 1 aliphatic rings. The van der Waals surface area contributed by atoms with E-state index < -0.39 is 34.4 Å². The number of carbonyl (C=O) groups is 3. The molecule has 176 valence electrons. The molecular formula is C23H26N2O7S. The molecule has 0 aliphatic carbocycles. The zero-order chi connectivity index (χ0) is 23.8. The Balaban J connectivity index is 1.50. The number of sulfone groups is 1. The second-order valence-corrected chi connectivity index (χ2v) is 9.91. The minimum absolute atomic E-state index is 0.0310. The molecule has 0 saturated carbocycles. The number of aryl methyl sites for hydroxylation is 1. The van der Waals surface area contributed by atoms with E-state index in [2.05, 4.69) is 10.6 Å². The number of benzene rings is 2. The van der Waals surface area contributed by atoms with Crippen LogP contribution in [0.15, 0.2) is 48.5 Å². The van der Waals surface area contributed by atoms with Crippen molar-refractivity contribution in [1.29, 1.82) is 0 Å². The molecular weight excluding hydrogens is 448 g/mol. The van der Waals surface area contributed by atoms with E-state index in [4.69, 9.17) is 9.47 Å². The van der Waals surface area contributed by atoms with Gasteiger partial charge in [-0.3, -0.25) is 9.59 Å². The highest BCUT2D eigenvalue weighted by Gasteiger charge is 2.29. The topological polar surface area (TPSA) is 128 Å². The van der Waals surface area contributed by atoms with E-state index in [0.717, 1.165) is 11.3 Å². The summed E-state index contributed by atoms with van der Waals surface area (Å²) in [5, 5.41) is 5.26. The number of hydrogen-bond acceptors (Lipinski definition) is 7. The number of methoxy groups -OCH3 is 1. The van der Waals surface area contributed by atoms with E-state index >= 15 is 0 Å². The van der Waals surface area contributed by atoms with E-state index in [0.29, 0.717) is 12.8 Å². The molecule has 0 radical (unpaired) electrons. The minimum Gasteiger partial charge on any atom is -0.497 e. The van der Waals surface area contributed by atoms with Crippen molar-refractivity contribution in [2.75, 3.05) is 30.5 Å². The summed E-state index contributed by atoms with van der Waals surface area (Å²) in [6, 6.07) is 13.3. The predicted octanol–water partition coefficient (Wildman–Crippen LogP) is 1.73. The van der Waals surface area contributed by atoms with E-state index in [-0.39, 0.29) is 35.1 Å². The number of nitrogens with one attached hydrogen (secondary N) is 2. The van der Waals surface area contributed by atoms with Gasteiger partial charge in [0.1, 0.15) is 5.75 Å². The van der Waals surface area contributed by atoms with Crippen molar-refractivity contribution in [3.8, 4) is 5.75 Å². The van der Waals surface area contributed by atoms with Crippen LogP contribution in [0.2, 0.25) is 0 Å². The number of esters is 1. The van der Waals surface area contributed by atoms with E-state index in [1.807, 2.05) is 24.3 Å². The molecule has 1 aliphatic heterocycles. The number of para-hydroxylation sites is 1. The van der Waals surface area contributed by atoms with Gasteiger partial charge in [-0.2, -0.15) is 0 Å². The average Bonchev–Trinajstić information content (AvgIpc) is 3.14. The molecule has 0 aromatic heterocycles. The zero-order valence-corrected chi connectivity index (χ0v) is 19.0. The van der Waals surface area contributed by atoms with Crippen molar-refractivity contribution in [1.82, 2.24) is 5.32 Å². The van der Waals surface area contributed by atoms with Crippen LogP contribution in [0.4, 0.5) is 5.69 Å². The quantitative estimate of drug-likeness (QED) is 0.530. The maximum absolute atomic E-state index is 12.5. The Morgan fingerprint density at radius 3 is 2.42 bits per heavy atom.